The van der Waals surface area contributed by atoms with Gasteiger partial charge in [-0.05, 0) is 51.5 Å². The van der Waals surface area contributed by atoms with Crippen molar-refractivity contribution in [1.82, 2.24) is 10.2 Å². The minimum Gasteiger partial charge on any atom is -0.493 e. The van der Waals surface area contributed by atoms with Gasteiger partial charge in [0.05, 0.1) is 6.61 Å². The van der Waals surface area contributed by atoms with E-state index in [1.54, 1.807) is 0 Å². The van der Waals surface area contributed by atoms with Crippen LogP contribution in [0.15, 0.2) is 24.3 Å². The van der Waals surface area contributed by atoms with Crippen LogP contribution in [0.4, 0.5) is 0 Å². The molecular weight excluding hydrogens is 236 g/mol. The first-order chi connectivity index (χ1) is 9.33. The molecule has 0 saturated carbocycles. The van der Waals surface area contributed by atoms with Gasteiger partial charge in [-0.3, -0.25) is 0 Å². The van der Waals surface area contributed by atoms with Crippen LogP contribution in [0.1, 0.15) is 24.3 Å². The first kappa shape index (κ1) is 12.9. The first-order valence-corrected chi connectivity index (χ1v) is 7.44. The Morgan fingerprint density at radius 3 is 2.84 bits per heavy atom. The van der Waals surface area contributed by atoms with Gasteiger partial charge in [-0.15, -0.1) is 0 Å². The Morgan fingerprint density at radius 2 is 2.00 bits per heavy atom. The van der Waals surface area contributed by atoms with E-state index in [0.29, 0.717) is 5.92 Å². The summed E-state index contributed by atoms with van der Waals surface area (Å²) < 4.78 is 5.72. The summed E-state index contributed by atoms with van der Waals surface area (Å²) in [6, 6.07) is 8.43. The number of fused-ring (bicyclic) bond motifs is 1. The van der Waals surface area contributed by atoms with Crippen molar-refractivity contribution in [2.45, 2.75) is 18.8 Å². The molecule has 1 unspecified atom stereocenters. The molecule has 1 N–H and O–H groups in total. The molecule has 1 aromatic carbocycles. The summed E-state index contributed by atoms with van der Waals surface area (Å²) in [6.07, 6.45) is 2.67. The highest BCUT2D eigenvalue weighted by Gasteiger charge is 2.23. The van der Waals surface area contributed by atoms with Gasteiger partial charge in [0, 0.05) is 18.0 Å². The second-order valence-electron chi connectivity index (χ2n) is 5.95. The Hall–Kier alpha value is -1.06. The lowest BCUT2D eigenvalue weighted by Gasteiger charge is -2.29. The number of likely N-dealkylation sites (tertiary alicyclic amines) is 1. The third-order valence-corrected chi connectivity index (χ3v) is 4.46. The average Bonchev–Trinajstić information content (AvgIpc) is 2.85. The van der Waals surface area contributed by atoms with Crippen molar-refractivity contribution in [2.24, 2.45) is 5.92 Å². The summed E-state index contributed by atoms with van der Waals surface area (Å²) in [4.78, 5) is 2.43. The van der Waals surface area contributed by atoms with Gasteiger partial charge >= 0.3 is 0 Å². The van der Waals surface area contributed by atoms with Gasteiger partial charge in [0.25, 0.3) is 0 Å². The van der Waals surface area contributed by atoms with Crippen LogP contribution in [-0.2, 0) is 0 Å². The molecule has 3 rings (SSSR count). The fourth-order valence-corrected chi connectivity index (χ4v) is 3.13. The SMILES string of the molecule is CN1CCC(CNCC2COc3ccccc32)CC1. The van der Waals surface area contributed by atoms with Crippen LogP contribution in [0, 0.1) is 5.92 Å². The lowest BCUT2D eigenvalue weighted by Crippen LogP contribution is -2.36. The van der Waals surface area contributed by atoms with E-state index in [2.05, 4.69) is 35.5 Å². The van der Waals surface area contributed by atoms with Crippen LogP contribution in [0.3, 0.4) is 0 Å². The number of para-hydroxylation sites is 1. The molecule has 2 aliphatic rings. The number of piperidine rings is 1. The molecule has 3 heteroatoms. The predicted molar refractivity (Wildman–Crippen MR) is 77.8 cm³/mol. The molecule has 0 amide bonds. The maximum absolute atomic E-state index is 5.72. The summed E-state index contributed by atoms with van der Waals surface area (Å²) >= 11 is 0. The summed E-state index contributed by atoms with van der Waals surface area (Å²) in [5, 5.41) is 3.65. The fraction of sp³-hybridized carbons (Fsp3) is 0.625. The molecule has 1 atom stereocenters. The van der Waals surface area contributed by atoms with Crippen molar-refractivity contribution in [2.75, 3.05) is 39.8 Å². The van der Waals surface area contributed by atoms with E-state index in [4.69, 9.17) is 4.74 Å². The second-order valence-corrected chi connectivity index (χ2v) is 5.95. The lowest BCUT2D eigenvalue weighted by molar-refractivity contribution is 0.215. The molecule has 1 saturated heterocycles. The zero-order chi connectivity index (χ0) is 13.1. The van der Waals surface area contributed by atoms with E-state index < -0.39 is 0 Å². The minimum absolute atomic E-state index is 0.530. The number of ether oxygens (including phenoxy) is 1. The number of hydrogen-bond acceptors (Lipinski definition) is 3. The van der Waals surface area contributed by atoms with E-state index in [9.17, 15) is 0 Å². The monoisotopic (exact) mass is 260 g/mol. The maximum Gasteiger partial charge on any atom is 0.122 e. The predicted octanol–water partition coefficient (Wildman–Crippen LogP) is 2.09. The number of nitrogens with zero attached hydrogens (tertiary/aromatic N) is 1. The van der Waals surface area contributed by atoms with Crippen molar-refractivity contribution in [3.8, 4) is 5.75 Å². The van der Waals surface area contributed by atoms with Crippen molar-refractivity contribution < 1.29 is 4.74 Å². The lowest BCUT2D eigenvalue weighted by atomic mass is 9.96. The minimum atomic E-state index is 0.530. The molecule has 1 fully saturated rings. The zero-order valence-corrected chi connectivity index (χ0v) is 11.8. The van der Waals surface area contributed by atoms with Crippen LogP contribution in [0.5, 0.6) is 5.75 Å². The molecule has 2 heterocycles. The Bertz CT molecular complexity index is 413. The molecule has 0 radical (unpaired) electrons. The first-order valence-electron chi connectivity index (χ1n) is 7.44. The highest BCUT2D eigenvalue weighted by Crippen LogP contribution is 2.32. The van der Waals surface area contributed by atoms with Gasteiger partial charge in [-0.25, -0.2) is 0 Å². The van der Waals surface area contributed by atoms with Crippen molar-refractivity contribution in [3.05, 3.63) is 29.8 Å². The molecule has 0 aliphatic carbocycles. The third kappa shape index (κ3) is 3.10. The molecule has 3 nitrogen and oxygen atoms in total. The standard InChI is InChI=1S/C16H24N2O/c1-18-8-6-13(7-9-18)10-17-11-14-12-19-16-5-3-2-4-15(14)16/h2-5,13-14,17H,6-12H2,1H3. The second kappa shape index (κ2) is 5.93. The van der Waals surface area contributed by atoms with E-state index >= 15 is 0 Å². The quantitative estimate of drug-likeness (QED) is 0.897. The molecular formula is C16H24N2O. The largest absolute Gasteiger partial charge is 0.493 e. The third-order valence-electron chi connectivity index (χ3n) is 4.46. The topological polar surface area (TPSA) is 24.5 Å². The normalized spacial score (nSPS) is 24.2. The van der Waals surface area contributed by atoms with Crippen LogP contribution in [0.25, 0.3) is 0 Å². The van der Waals surface area contributed by atoms with Crippen LogP contribution in [-0.4, -0.2) is 44.7 Å². The summed E-state index contributed by atoms with van der Waals surface area (Å²) in [5.41, 5.74) is 1.37. The maximum atomic E-state index is 5.72. The van der Waals surface area contributed by atoms with Crippen LogP contribution < -0.4 is 10.1 Å². The van der Waals surface area contributed by atoms with E-state index in [1.165, 1.54) is 31.5 Å². The van der Waals surface area contributed by atoms with Crippen molar-refractivity contribution >= 4 is 0 Å². The molecule has 0 bridgehead atoms. The summed E-state index contributed by atoms with van der Waals surface area (Å²) in [6.45, 7) is 5.54. The fourth-order valence-electron chi connectivity index (χ4n) is 3.13. The van der Waals surface area contributed by atoms with E-state index in [0.717, 1.165) is 31.4 Å². The van der Waals surface area contributed by atoms with Gasteiger partial charge in [-0.1, -0.05) is 18.2 Å². The van der Waals surface area contributed by atoms with Gasteiger partial charge in [0.15, 0.2) is 0 Å². The molecule has 2 aliphatic heterocycles. The Morgan fingerprint density at radius 1 is 1.21 bits per heavy atom. The molecule has 0 aromatic heterocycles. The average molecular weight is 260 g/mol. The highest BCUT2D eigenvalue weighted by atomic mass is 16.5. The van der Waals surface area contributed by atoms with Gasteiger partial charge in [0.1, 0.15) is 5.75 Å². The smallest absolute Gasteiger partial charge is 0.122 e. The van der Waals surface area contributed by atoms with Crippen molar-refractivity contribution in [3.63, 3.8) is 0 Å². The van der Waals surface area contributed by atoms with E-state index in [1.807, 2.05) is 6.07 Å². The number of nitrogens with one attached hydrogen (secondary N) is 1. The highest BCUT2D eigenvalue weighted by molar-refractivity contribution is 5.39. The Balaban J connectivity index is 1.44. The number of rotatable bonds is 4. The van der Waals surface area contributed by atoms with E-state index in [-0.39, 0.29) is 0 Å². The molecule has 1 aromatic rings. The van der Waals surface area contributed by atoms with Gasteiger partial charge < -0.3 is 15.0 Å². The summed E-state index contributed by atoms with van der Waals surface area (Å²) in [7, 11) is 2.22. The number of hydrogen-bond donors (Lipinski definition) is 1. The van der Waals surface area contributed by atoms with Crippen LogP contribution >= 0.6 is 0 Å². The number of benzene rings is 1. The van der Waals surface area contributed by atoms with Crippen LogP contribution in [0.2, 0.25) is 0 Å². The molecule has 0 spiro atoms. The van der Waals surface area contributed by atoms with Gasteiger partial charge in [0.2, 0.25) is 0 Å². The Labute approximate surface area is 115 Å². The Kier molecular flexibility index (Phi) is 4.04. The molecule has 19 heavy (non-hydrogen) atoms. The van der Waals surface area contributed by atoms with Gasteiger partial charge in [-0.2, -0.15) is 0 Å². The van der Waals surface area contributed by atoms with Crippen molar-refractivity contribution in [1.29, 1.82) is 0 Å². The molecule has 104 valence electrons. The summed E-state index contributed by atoms with van der Waals surface area (Å²) in [5.74, 6) is 2.46. The zero-order valence-electron chi connectivity index (χ0n) is 11.8.